The molecule has 0 saturated carbocycles. The van der Waals surface area contributed by atoms with Crippen molar-refractivity contribution in [3.63, 3.8) is 0 Å². The Hall–Kier alpha value is -1.49. The summed E-state index contributed by atoms with van der Waals surface area (Å²) in [4.78, 5) is 4.38. The van der Waals surface area contributed by atoms with Gasteiger partial charge in [0, 0.05) is 11.1 Å². The number of hydrogen-bond acceptors (Lipinski definition) is 5. The smallest absolute Gasteiger partial charge is 0.0946 e. The van der Waals surface area contributed by atoms with E-state index in [1.54, 1.807) is 0 Å². The maximum atomic E-state index is 4.38. The second kappa shape index (κ2) is 4.35. The van der Waals surface area contributed by atoms with Gasteiger partial charge in [-0.15, -0.1) is 5.10 Å². The molecule has 0 fully saturated rings. The number of aromatic nitrogens is 3. The van der Waals surface area contributed by atoms with Crippen LogP contribution in [0.15, 0.2) is 17.5 Å². The fourth-order valence-corrected chi connectivity index (χ4v) is 1.77. The Labute approximate surface area is 92.5 Å². The minimum absolute atomic E-state index is 0.697. The van der Waals surface area contributed by atoms with Gasteiger partial charge in [0.15, 0.2) is 0 Å². The summed E-state index contributed by atoms with van der Waals surface area (Å²) >= 11 is 1.36. The van der Waals surface area contributed by atoms with E-state index >= 15 is 0 Å². The van der Waals surface area contributed by atoms with Crippen molar-refractivity contribution in [1.29, 1.82) is 0 Å². The predicted octanol–water partition coefficient (Wildman–Crippen LogP) is 2.16. The van der Waals surface area contributed by atoms with Gasteiger partial charge in [0.25, 0.3) is 0 Å². The number of rotatable bonds is 3. The summed E-state index contributed by atoms with van der Waals surface area (Å²) in [6.07, 6.45) is 0. The monoisotopic (exact) mass is 220 g/mol. The summed E-state index contributed by atoms with van der Waals surface area (Å²) in [6, 6.07) is 4.03. The second-order valence-electron chi connectivity index (χ2n) is 3.34. The Morgan fingerprint density at radius 1 is 1.33 bits per heavy atom. The molecule has 0 aromatic carbocycles. The minimum Gasteiger partial charge on any atom is -0.378 e. The van der Waals surface area contributed by atoms with Crippen LogP contribution in [0.25, 0.3) is 0 Å². The predicted molar refractivity (Wildman–Crippen MR) is 60.9 cm³/mol. The summed E-state index contributed by atoms with van der Waals surface area (Å²) in [6.45, 7) is 4.68. The van der Waals surface area contributed by atoms with Crippen LogP contribution in [0.1, 0.15) is 17.1 Å². The third kappa shape index (κ3) is 2.50. The second-order valence-corrected chi connectivity index (χ2v) is 3.95. The molecule has 2 aromatic rings. The van der Waals surface area contributed by atoms with Crippen molar-refractivity contribution in [2.45, 2.75) is 20.4 Å². The summed E-state index contributed by atoms with van der Waals surface area (Å²) in [5, 5.41) is 9.18. The maximum Gasteiger partial charge on any atom is 0.0946 e. The molecule has 0 radical (unpaired) electrons. The van der Waals surface area contributed by atoms with E-state index in [-0.39, 0.29) is 0 Å². The lowest BCUT2D eigenvalue weighted by Gasteiger charge is -2.07. The molecule has 2 rings (SSSR count). The largest absolute Gasteiger partial charge is 0.378 e. The van der Waals surface area contributed by atoms with Gasteiger partial charge in [0.2, 0.25) is 0 Å². The quantitative estimate of drug-likeness (QED) is 0.861. The van der Waals surface area contributed by atoms with E-state index in [1.165, 1.54) is 11.5 Å². The van der Waals surface area contributed by atoms with Gasteiger partial charge >= 0.3 is 0 Å². The SMILES string of the molecule is Cc1ccc(NCc2csnn2)c(C)n1. The van der Waals surface area contributed by atoms with E-state index in [0.29, 0.717) is 6.54 Å². The Bertz CT molecular complexity index is 439. The molecule has 0 atom stereocenters. The molecule has 0 aliphatic heterocycles. The van der Waals surface area contributed by atoms with Crippen molar-refractivity contribution in [1.82, 2.24) is 14.6 Å². The first kappa shape index (κ1) is 10.0. The van der Waals surface area contributed by atoms with Gasteiger partial charge in [-0.3, -0.25) is 4.98 Å². The van der Waals surface area contributed by atoms with E-state index in [0.717, 1.165) is 22.8 Å². The molecule has 0 bridgehead atoms. The molecule has 4 nitrogen and oxygen atoms in total. The zero-order valence-corrected chi connectivity index (χ0v) is 9.51. The first-order valence-corrected chi connectivity index (χ1v) is 5.53. The molecule has 0 unspecified atom stereocenters. The van der Waals surface area contributed by atoms with Crippen LogP contribution in [0.2, 0.25) is 0 Å². The highest BCUT2D eigenvalue weighted by molar-refractivity contribution is 7.03. The lowest BCUT2D eigenvalue weighted by molar-refractivity contribution is 0.989. The summed E-state index contributed by atoms with van der Waals surface area (Å²) < 4.78 is 3.81. The highest BCUT2D eigenvalue weighted by Gasteiger charge is 2.00. The molecule has 5 heteroatoms. The van der Waals surface area contributed by atoms with Crippen LogP contribution in [0.5, 0.6) is 0 Å². The molecule has 2 aromatic heterocycles. The van der Waals surface area contributed by atoms with Gasteiger partial charge < -0.3 is 5.32 Å². The highest BCUT2D eigenvalue weighted by Crippen LogP contribution is 2.13. The van der Waals surface area contributed by atoms with E-state index in [9.17, 15) is 0 Å². The molecule has 78 valence electrons. The molecule has 0 aliphatic carbocycles. The number of aryl methyl sites for hydroxylation is 2. The van der Waals surface area contributed by atoms with Crippen LogP contribution in [-0.4, -0.2) is 14.6 Å². The van der Waals surface area contributed by atoms with Crippen molar-refractivity contribution >= 4 is 17.2 Å². The summed E-state index contributed by atoms with van der Waals surface area (Å²) in [5.74, 6) is 0. The Balaban J connectivity index is 2.05. The number of hydrogen-bond donors (Lipinski definition) is 1. The number of pyridine rings is 1. The lowest BCUT2D eigenvalue weighted by Crippen LogP contribution is -2.02. The molecule has 0 saturated heterocycles. The number of nitrogens with one attached hydrogen (secondary N) is 1. The van der Waals surface area contributed by atoms with Crippen LogP contribution >= 0.6 is 11.5 Å². The fourth-order valence-electron chi connectivity index (χ4n) is 1.32. The van der Waals surface area contributed by atoms with Crippen molar-refractivity contribution in [3.05, 3.63) is 34.6 Å². The van der Waals surface area contributed by atoms with Crippen LogP contribution in [0.4, 0.5) is 5.69 Å². The molecule has 2 heterocycles. The lowest BCUT2D eigenvalue weighted by atomic mass is 10.2. The van der Waals surface area contributed by atoms with Crippen LogP contribution in [0, 0.1) is 13.8 Å². The topological polar surface area (TPSA) is 50.7 Å². The molecule has 0 amide bonds. The summed E-state index contributed by atoms with van der Waals surface area (Å²) in [5.41, 5.74) is 4.06. The van der Waals surface area contributed by atoms with E-state index in [2.05, 4.69) is 19.9 Å². The molecular formula is C10H12N4S. The average molecular weight is 220 g/mol. The zero-order chi connectivity index (χ0) is 10.7. The van der Waals surface area contributed by atoms with Gasteiger partial charge in [-0.1, -0.05) is 4.49 Å². The van der Waals surface area contributed by atoms with E-state index in [1.807, 2.05) is 31.4 Å². The van der Waals surface area contributed by atoms with Gasteiger partial charge in [-0.25, -0.2) is 0 Å². The zero-order valence-electron chi connectivity index (χ0n) is 8.69. The Morgan fingerprint density at radius 2 is 2.20 bits per heavy atom. The molecule has 15 heavy (non-hydrogen) atoms. The third-order valence-electron chi connectivity index (χ3n) is 2.09. The van der Waals surface area contributed by atoms with Gasteiger partial charge in [-0.05, 0) is 37.5 Å². The van der Waals surface area contributed by atoms with Gasteiger partial charge in [0.1, 0.15) is 0 Å². The van der Waals surface area contributed by atoms with Crippen molar-refractivity contribution in [3.8, 4) is 0 Å². The first-order chi connectivity index (χ1) is 7.25. The van der Waals surface area contributed by atoms with Crippen molar-refractivity contribution < 1.29 is 0 Å². The number of anilines is 1. The van der Waals surface area contributed by atoms with Crippen LogP contribution in [-0.2, 0) is 6.54 Å². The van der Waals surface area contributed by atoms with E-state index in [4.69, 9.17) is 0 Å². The highest BCUT2D eigenvalue weighted by atomic mass is 32.1. The molecule has 0 aliphatic rings. The van der Waals surface area contributed by atoms with Crippen molar-refractivity contribution in [2.24, 2.45) is 0 Å². The van der Waals surface area contributed by atoms with Crippen LogP contribution in [0.3, 0.4) is 0 Å². The van der Waals surface area contributed by atoms with Gasteiger partial charge in [-0.2, -0.15) is 0 Å². The normalized spacial score (nSPS) is 10.3. The molecular weight excluding hydrogens is 208 g/mol. The van der Waals surface area contributed by atoms with Crippen molar-refractivity contribution in [2.75, 3.05) is 5.32 Å². The minimum atomic E-state index is 0.697. The van der Waals surface area contributed by atoms with Gasteiger partial charge in [0.05, 0.1) is 23.6 Å². The van der Waals surface area contributed by atoms with E-state index < -0.39 is 0 Å². The average Bonchev–Trinajstić information content (AvgIpc) is 2.69. The maximum absolute atomic E-state index is 4.38. The Kier molecular flexibility index (Phi) is 2.91. The summed E-state index contributed by atoms with van der Waals surface area (Å²) in [7, 11) is 0. The third-order valence-corrected chi connectivity index (χ3v) is 2.64. The molecule has 0 spiro atoms. The standard InChI is InChI=1S/C10H12N4S/c1-7-3-4-10(8(2)12-7)11-5-9-6-15-14-13-9/h3-4,6,11H,5H2,1-2H3. The molecule has 1 N–H and O–H groups in total. The first-order valence-electron chi connectivity index (χ1n) is 4.70. The van der Waals surface area contributed by atoms with Crippen LogP contribution < -0.4 is 5.32 Å². The fraction of sp³-hybridized carbons (Fsp3) is 0.300. The number of nitrogens with zero attached hydrogens (tertiary/aromatic N) is 3. The Morgan fingerprint density at radius 3 is 2.87 bits per heavy atom.